The van der Waals surface area contributed by atoms with E-state index >= 15 is 0 Å². The maximum Gasteiger partial charge on any atom is 0.278 e. The summed E-state index contributed by atoms with van der Waals surface area (Å²) in [6.07, 6.45) is 1.86. The number of benzene rings is 3. The number of aliphatic imine (C=N–C) groups is 1. The van der Waals surface area contributed by atoms with Gasteiger partial charge in [0, 0.05) is 5.75 Å². The van der Waals surface area contributed by atoms with Crippen molar-refractivity contribution in [3.63, 3.8) is 0 Å². The highest BCUT2D eigenvalue weighted by atomic mass is 32.2. The van der Waals surface area contributed by atoms with Crippen LogP contribution >= 0.6 is 11.8 Å². The number of nitrogens with zero attached hydrogens (tertiary/aromatic N) is 2. The lowest BCUT2D eigenvalue weighted by molar-refractivity contribution is -0.122. The Hall–Kier alpha value is -3.11. The van der Waals surface area contributed by atoms with Gasteiger partial charge in [-0.05, 0) is 22.8 Å². The van der Waals surface area contributed by atoms with Gasteiger partial charge in [0.25, 0.3) is 5.91 Å². The molecule has 138 valence electrons. The van der Waals surface area contributed by atoms with Crippen molar-refractivity contribution in [3.8, 4) is 0 Å². The maximum absolute atomic E-state index is 13.1. The van der Waals surface area contributed by atoms with Gasteiger partial charge in [-0.1, -0.05) is 103 Å². The zero-order valence-electron chi connectivity index (χ0n) is 15.4. The van der Waals surface area contributed by atoms with Crippen LogP contribution in [0.1, 0.15) is 16.7 Å². The lowest BCUT2D eigenvalue weighted by Crippen LogP contribution is -2.30. The summed E-state index contributed by atoms with van der Waals surface area (Å²) in [4.78, 5) is 19.5. The number of amidine groups is 1. The Morgan fingerprint density at radius 3 is 2.00 bits per heavy atom. The minimum atomic E-state index is -0.0525. The number of carbonyl (C=O) groups is 1. The molecule has 0 aliphatic carbocycles. The standard InChI is InChI=1S/C24H20N2OS/c27-23-22(16-19-10-4-1-5-11-19)25-24(28-18-21-14-8-3-9-15-21)26(23)17-20-12-6-2-7-13-20/h1-16H,17-18H2/b22-16-. The summed E-state index contributed by atoms with van der Waals surface area (Å²) in [5.74, 6) is 0.722. The van der Waals surface area contributed by atoms with Gasteiger partial charge in [0.15, 0.2) is 5.17 Å². The number of carbonyl (C=O) groups excluding carboxylic acids is 1. The largest absolute Gasteiger partial charge is 0.281 e. The zero-order valence-corrected chi connectivity index (χ0v) is 16.2. The van der Waals surface area contributed by atoms with E-state index in [9.17, 15) is 4.79 Å². The first kappa shape index (κ1) is 18.3. The zero-order chi connectivity index (χ0) is 19.2. The average Bonchev–Trinajstić information content (AvgIpc) is 3.03. The minimum absolute atomic E-state index is 0.0525. The molecular formula is C24H20N2OS. The van der Waals surface area contributed by atoms with Crippen molar-refractivity contribution in [2.75, 3.05) is 0 Å². The van der Waals surface area contributed by atoms with Crippen LogP contribution in [0.25, 0.3) is 6.08 Å². The maximum atomic E-state index is 13.1. The fourth-order valence-corrected chi connectivity index (χ4v) is 3.93. The van der Waals surface area contributed by atoms with Gasteiger partial charge in [0.05, 0.1) is 6.54 Å². The first-order valence-electron chi connectivity index (χ1n) is 9.17. The van der Waals surface area contributed by atoms with Crippen molar-refractivity contribution in [1.82, 2.24) is 4.90 Å². The van der Waals surface area contributed by atoms with Crippen LogP contribution in [0.4, 0.5) is 0 Å². The van der Waals surface area contributed by atoms with Gasteiger partial charge in [-0.15, -0.1) is 0 Å². The van der Waals surface area contributed by atoms with Crippen molar-refractivity contribution in [3.05, 3.63) is 113 Å². The van der Waals surface area contributed by atoms with Gasteiger partial charge in [0.2, 0.25) is 0 Å². The normalized spacial score (nSPS) is 15.1. The number of hydrogen-bond donors (Lipinski definition) is 0. The Morgan fingerprint density at radius 1 is 0.786 bits per heavy atom. The first-order valence-corrected chi connectivity index (χ1v) is 10.2. The van der Waals surface area contributed by atoms with E-state index in [0.29, 0.717) is 12.2 Å². The van der Waals surface area contributed by atoms with E-state index in [2.05, 4.69) is 17.1 Å². The molecule has 3 aromatic rings. The van der Waals surface area contributed by atoms with Gasteiger partial charge in [-0.3, -0.25) is 9.69 Å². The van der Waals surface area contributed by atoms with Crippen molar-refractivity contribution in [1.29, 1.82) is 0 Å². The Labute approximate surface area is 169 Å². The third-order valence-electron chi connectivity index (χ3n) is 4.41. The topological polar surface area (TPSA) is 32.7 Å². The SMILES string of the molecule is O=C1/C(=C/c2ccccc2)N=C(SCc2ccccc2)N1Cc1ccccc1. The highest BCUT2D eigenvalue weighted by Gasteiger charge is 2.30. The van der Waals surface area contributed by atoms with Gasteiger partial charge in [0.1, 0.15) is 5.70 Å². The molecule has 0 fully saturated rings. The van der Waals surface area contributed by atoms with Crippen LogP contribution in [0.15, 0.2) is 102 Å². The second kappa shape index (κ2) is 8.72. The fourth-order valence-electron chi connectivity index (χ4n) is 2.98. The Morgan fingerprint density at radius 2 is 1.36 bits per heavy atom. The smallest absolute Gasteiger partial charge is 0.278 e. The van der Waals surface area contributed by atoms with Gasteiger partial charge < -0.3 is 0 Å². The average molecular weight is 385 g/mol. The molecule has 0 radical (unpaired) electrons. The second-order valence-electron chi connectivity index (χ2n) is 6.49. The van der Waals surface area contributed by atoms with E-state index in [-0.39, 0.29) is 5.91 Å². The Bertz CT molecular complexity index is 999. The molecular weight excluding hydrogens is 364 g/mol. The van der Waals surface area contributed by atoms with Crippen LogP contribution in [-0.4, -0.2) is 16.0 Å². The third-order valence-corrected chi connectivity index (χ3v) is 5.46. The van der Waals surface area contributed by atoms with E-state index in [0.717, 1.165) is 22.0 Å². The Kier molecular flexibility index (Phi) is 5.69. The van der Waals surface area contributed by atoms with E-state index in [1.54, 1.807) is 16.7 Å². The quantitative estimate of drug-likeness (QED) is 0.555. The van der Waals surface area contributed by atoms with Gasteiger partial charge in [-0.2, -0.15) is 0 Å². The molecule has 0 saturated heterocycles. The van der Waals surface area contributed by atoms with Crippen molar-refractivity contribution < 1.29 is 4.79 Å². The molecule has 1 amide bonds. The van der Waals surface area contributed by atoms with Crippen LogP contribution < -0.4 is 0 Å². The van der Waals surface area contributed by atoms with E-state index < -0.39 is 0 Å². The predicted octanol–water partition coefficient (Wildman–Crippen LogP) is 5.36. The van der Waals surface area contributed by atoms with E-state index in [1.807, 2.05) is 84.9 Å². The van der Waals surface area contributed by atoms with Crippen LogP contribution in [0.3, 0.4) is 0 Å². The molecule has 1 aliphatic heterocycles. The van der Waals surface area contributed by atoms with Crippen molar-refractivity contribution >= 4 is 28.9 Å². The van der Waals surface area contributed by atoms with E-state index in [4.69, 9.17) is 0 Å². The number of amides is 1. The van der Waals surface area contributed by atoms with Crippen LogP contribution in [0, 0.1) is 0 Å². The summed E-state index contributed by atoms with van der Waals surface area (Å²) in [6.45, 7) is 0.520. The summed E-state index contributed by atoms with van der Waals surface area (Å²) in [7, 11) is 0. The molecule has 3 nitrogen and oxygen atoms in total. The number of hydrogen-bond acceptors (Lipinski definition) is 3. The molecule has 0 N–H and O–H groups in total. The van der Waals surface area contributed by atoms with Gasteiger partial charge in [-0.25, -0.2) is 4.99 Å². The van der Waals surface area contributed by atoms with Crippen LogP contribution in [-0.2, 0) is 17.1 Å². The summed E-state index contributed by atoms with van der Waals surface area (Å²) in [5, 5.41) is 0.750. The van der Waals surface area contributed by atoms with Crippen LogP contribution in [0.5, 0.6) is 0 Å². The molecule has 0 spiro atoms. The first-order chi connectivity index (χ1) is 13.8. The molecule has 0 unspecified atom stereocenters. The van der Waals surface area contributed by atoms with Gasteiger partial charge >= 0.3 is 0 Å². The summed E-state index contributed by atoms with van der Waals surface area (Å²) in [5.41, 5.74) is 3.76. The van der Waals surface area contributed by atoms with Crippen molar-refractivity contribution in [2.24, 2.45) is 4.99 Å². The van der Waals surface area contributed by atoms with E-state index in [1.165, 1.54) is 5.56 Å². The molecule has 0 saturated carbocycles. The highest BCUT2D eigenvalue weighted by Crippen LogP contribution is 2.27. The highest BCUT2D eigenvalue weighted by molar-refractivity contribution is 8.13. The molecule has 1 heterocycles. The molecule has 28 heavy (non-hydrogen) atoms. The third kappa shape index (κ3) is 4.41. The summed E-state index contributed by atoms with van der Waals surface area (Å²) < 4.78 is 0. The molecule has 0 aromatic heterocycles. The lowest BCUT2D eigenvalue weighted by Gasteiger charge is -2.17. The molecule has 0 bridgehead atoms. The molecule has 4 heteroatoms. The summed E-state index contributed by atoms with van der Waals surface area (Å²) >= 11 is 1.60. The fraction of sp³-hybridized carbons (Fsp3) is 0.0833. The monoisotopic (exact) mass is 384 g/mol. The number of thioether (sulfide) groups is 1. The Balaban J connectivity index is 1.59. The second-order valence-corrected chi connectivity index (χ2v) is 7.43. The molecule has 4 rings (SSSR count). The van der Waals surface area contributed by atoms with Crippen LogP contribution in [0.2, 0.25) is 0 Å². The predicted molar refractivity (Wildman–Crippen MR) is 117 cm³/mol. The molecule has 1 aliphatic rings. The molecule has 0 atom stereocenters. The minimum Gasteiger partial charge on any atom is -0.281 e. The lowest BCUT2D eigenvalue weighted by atomic mass is 10.2. The molecule has 3 aromatic carbocycles. The summed E-state index contributed by atoms with van der Waals surface area (Å²) in [6, 6.07) is 30.1. The number of rotatable bonds is 5. The van der Waals surface area contributed by atoms with Crippen molar-refractivity contribution in [2.45, 2.75) is 12.3 Å².